The molecule has 37 heavy (non-hydrogen) atoms. The number of amides is 2. The van der Waals surface area contributed by atoms with E-state index in [2.05, 4.69) is 43.8 Å². The van der Waals surface area contributed by atoms with Crippen molar-refractivity contribution >= 4 is 29.6 Å². The Hall–Kier alpha value is -3.17. The number of nitrogens with one attached hydrogen (secondary N) is 3. The van der Waals surface area contributed by atoms with Crippen LogP contribution in [0.1, 0.15) is 45.4 Å². The first-order chi connectivity index (χ1) is 18.1. The summed E-state index contributed by atoms with van der Waals surface area (Å²) in [6, 6.07) is 7.72. The SMILES string of the molecule is CCN(CCO)CCCOC1=CC2N=CN=C(Nc3ccc(NC(=O)NC4CCCCC4)cc3)C2C=C1. The molecule has 1 aromatic carbocycles. The average molecular weight is 509 g/mol. The number of rotatable bonds is 11. The van der Waals surface area contributed by atoms with Gasteiger partial charge < -0.3 is 30.7 Å². The summed E-state index contributed by atoms with van der Waals surface area (Å²) in [5, 5.41) is 18.5. The van der Waals surface area contributed by atoms with Gasteiger partial charge in [0.2, 0.25) is 0 Å². The van der Waals surface area contributed by atoms with E-state index in [9.17, 15) is 4.79 Å². The van der Waals surface area contributed by atoms with Crippen molar-refractivity contribution in [2.75, 3.05) is 43.5 Å². The second kappa shape index (κ2) is 13.9. The number of carbonyl (C=O) groups is 1. The van der Waals surface area contributed by atoms with E-state index in [0.29, 0.717) is 13.2 Å². The molecule has 2 unspecified atom stereocenters. The lowest BCUT2D eigenvalue weighted by Crippen LogP contribution is -2.39. The lowest BCUT2D eigenvalue weighted by atomic mass is 9.92. The molecular formula is C28H40N6O3. The number of nitrogens with zero attached hydrogens (tertiary/aromatic N) is 3. The molecular weight excluding hydrogens is 468 g/mol. The summed E-state index contributed by atoms with van der Waals surface area (Å²) >= 11 is 0. The second-order valence-corrected chi connectivity index (χ2v) is 9.72. The van der Waals surface area contributed by atoms with Crippen LogP contribution in [0.4, 0.5) is 16.2 Å². The first-order valence-corrected chi connectivity index (χ1v) is 13.5. The van der Waals surface area contributed by atoms with Crippen molar-refractivity contribution in [3.8, 4) is 0 Å². The Balaban J connectivity index is 1.23. The number of likely N-dealkylation sites (N-methyl/N-ethyl adjacent to an activating group) is 1. The fourth-order valence-corrected chi connectivity index (χ4v) is 4.93. The van der Waals surface area contributed by atoms with Crippen LogP contribution in [0.2, 0.25) is 0 Å². The first kappa shape index (κ1) is 26.9. The molecule has 9 heteroatoms. The normalized spacial score (nSPS) is 21.2. The smallest absolute Gasteiger partial charge is 0.319 e. The Morgan fingerprint density at radius 3 is 2.68 bits per heavy atom. The van der Waals surface area contributed by atoms with Gasteiger partial charge in [-0.1, -0.05) is 32.3 Å². The van der Waals surface area contributed by atoms with Crippen LogP contribution in [-0.4, -0.2) is 73.1 Å². The maximum absolute atomic E-state index is 12.3. The van der Waals surface area contributed by atoms with Crippen LogP contribution in [0.5, 0.6) is 0 Å². The molecule has 0 radical (unpaired) electrons. The number of urea groups is 1. The molecule has 0 spiro atoms. The van der Waals surface area contributed by atoms with Gasteiger partial charge >= 0.3 is 6.03 Å². The molecule has 1 saturated carbocycles. The van der Waals surface area contributed by atoms with Gasteiger partial charge in [-0.15, -0.1) is 0 Å². The van der Waals surface area contributed by atoms with E-state index < -0.39 is 0 Å². The molecule has 4 rings (SSSR count). The van der Waals surface area contributed by atoms with Crippen LogP contribution in [0, 0.1) is 5.92 Å². The van der Waals surface area contributed by atoms with Gasteiger partial charge in [0, 0.05) is 30.5 Å². The number of aliphatic hydroxyl groups is 1. The van der Waals surface area contributed by atoms with E-state index in [4.69, 9.17) is 9.84 Å². The van der Waals surface area contributed by atoms with Gasteiger partial charge in [0.25, 0.3) is 0 Å². The Kier molecular flexibility index (Phi) is 10.1. The summed E-state index contributed by atoms with van der Waals surface area (Å²) < 4.78 is 5.96. The third-order valence-electron chi connectivity index (χ3n) is 7.03. The average Bonchev–Trinajstić information content (AvgIpc) is 2.92. The van der Waals surface area contributed by atoms with Crippen molar-refractivity contribution in [1.82, 2.24) is 10.2 Å². The number of fused-ring (bicyclic) bond motifs is 1. The van der Waals surface area contributed by atoms with Crippen LogP contribution in [0.3, 0.4) is 0 Å². The Labute approximate surface area is 219 Å². The third-order valence-corrected chi connectivity index (χ3v) is 7.03. The van der Waals surface area contributed by atoms with Crippen LogP contribution in [0.25, 0.3) is 0 Å². The molecule has 0 bridgehead atoms. The molecule has 2 atom stereocenters. The summed E-state index contributed by atoms with van der Waals surface area (Å²) in [5.74, 6) is 1.66. The number of hydrogen-bond donors (Lipinski definition) is 4. The van der Waals surface area contributed by atoms with E-state index in [1.807, 2.05) is 36.4 Å². The molecule has 0 saturated heterocycles. The number of allylic oxidation sites excluding steroid dienone is 1. The minimum absolute atomic E-state index is 0.0107. The van der Waals surface area contributed by atoms with Crippen molar-refractivity contribution in [2.24, 2.45) is 15.9 Å². The number of hydrogen-bond acceptors (Lipinski definition) is 7. The number of benzene rings is 1. The maximum atomic E-state index is 12.3. The van der Waals surface area contributed by atoms with Gasteiger partial charge in [-0.05, 0) is 62.2 Å². The summed E-state index contributed by atoms with van der Waals surface area (Å²) in [5.41, 5.74) is 1.65. The predicted octanol–water partition coefficient (Wildman–Crippen LogP) is 4.15. The summed E-state index contributed by atoms with van der Waals surface area (Å²) in [6.45, 7) is 5.42. The second-order valence-electron chi connectivity index (χ2n) is 9.72. The lowest BCUT2D eigenvalue weighted by molar-refractivity contribution is 0.169. The number of ether oxygens (including phenoxy) is 1. The third kappa shape index (κ3) is 8.16. The summed E-state index contributed by atoms with van der Waals surface area (Å²) in [6.07, 6.45) is 14.4. The highest BCUT2D eigenvalue weighted by atomic mass is 16.5. The molecule has 1 fully saturated rings. The van der Waals surface area contributed by atoms with Crippen LogP contribution in [0.15, 0.2) is 58.2 Å². The zero-order valence-electron chi connectivity index (χ0n) is 21.7. The van der Waals surface area contributed by atoms with E-state index in [1.165, 1.54) is 19.3 Å². The summed E-state index contributed by atoms with van der Waals surface area (Å²) in [4.78, 5) is 23.5. The van der Waals surface area contributed by atoms with Gasteiger partial charge in [0.05, 0.1) is 25.2 Å². The lowest BCUT2D eigenvalue weighted by Gasteiger charge is -2.27. The summed E-state index contributed by atoms with van der Waals surface area (Å²) in [7, 11) is 0. The van der Waals surface area contributed by atoms with Gasteiger partial charge in [0.1, 0.15) is 17.9 Å². The van der Waals surface area contributed by atoms with Crippen LogP contribution < -0.4 is 16.0 Å². The minimum atomic E-state index is -0.145. The number of anilines is 2. The quantitative estimate of drug-likeness (QED) is 0.336. The predicted molar refractivity (Wildman–Crippen MR) is 149 cm³/mol. The molecule has 2 amide bonds. The van der Waals surface area contributed by atoms with Gasteiger partial charge in [-0.25, -0.2) is 9.79 Å². The molecule has 3 aliphatic rings. The molecule has 200 valence electrons. The first-order valence-electron chi connectivity index (χ1n) is 13.5. The Morgan fingerprint density at radius 1 is 1.14 bits per heavy atom. The number of aliphatic imine (C=N–C) groups is 2. The zero-order chi connectivity index (χ0) is 25.9. The highest BCUT2D eigenvalue weighted by molar-refractivity contribution is 6.04. The van der Waals surface area contributed by atoms with Crippen molar-refractivity contribution in [3.05, 3.63) is 48.3 Å². The van der Waals surface area contributed by atoms with E-state index in [0.717, 1.165) is 55.3 Å². The van der Waals surface area contributed by atoms with Crippen molar-refractivity contribution in [2.45, 2.75) is 57.5 Å². The zero-order valence-corrected chi connectivity index (χ0v) is 21.7. The minimum Gasteiger partial charge on any atom is -0.494 e. The highest BCUT2D eigenvalue weighted by Gasteiger charge is 2.28. The van der Waals surface area contributed by atoms with Gasteiger partial charge in [0.15, 0.2) is 0 Å². The topological polar surface area (TPSA) is 111 Å². The molecule has 0 aromatic heterocycles. The Bertz CT molecular complexity index is 998. The number of amidine groups is 1. The monoisotopic (exact) mass is 508 g/mol. The molecule has 1 aromatic rings. The van der Waals surface area contributed by atoms with Crippen LogP contribution >= 0.6 is 0 Å². The van der Waals surface area contributed by atoms with Crippen molar-refractivity contribution < 1.29 is 14.6 Å². The van der Waals surface area contributed by atoms with Crippen molar-refractivity contribution in [3.63, 3.8) is 0 Å². The maximum Gasteiger partial charge on any atom is 0.319 e. The Morgan fingerprint density at radius 2 is 1.92 bits per heavy atom. The fraction of sp³-hybridized carbons (Fsp3) is 0.536. The van der Waals surface area contributed by atoms with Crippen molar-refractivity contribution in [1.29, 1.82) is 0 Å². The highest BCUT2D eigenvalue weighted by Crippen LogP contribution is 2.26. The van der Waals surface area contributed by atoms with E-state index >= 15 is 0 Å². The molecule has 1 heterocycles. The van der Waals surface area contributed by atoms with E-state index in [1.54, 1.807) is 6.34 Å². The molecule has 1 aliphatic heterocycles. The number of carbonyl (C=O) groups excluding carboxylic acids is 1. The largest absolute Gasteiger partial charge is 0.494 e. The molecule has 2 aliphatic carbocycles. The van der Waals surface area contributed by atoms with Gasteiger partial charge in [-0.2, -0.15) is 0 Å². The van der Waals surface area contributed by atoms with Gasteiger partial charge in [-0.3, -0.25) is 4.99 Å². The molecule has 4 N–H and O–H groups in total. The molecule has 9 nitrogen and oxygen atoms in total. The van der Waals surface area contributed by atoms with E-state index in [-0.39, 0.29) is 30.6 Å². The number of aliphatic hydroxyl groups excluding tert-OH is 1. The standard InChI is InChI=1S/C28H40N6O3/c1-2-34(16-17-35)15-6-18-37-24-13-14-25-26(19-24)29-20-30-27(25)31-22-9-11-23(12-10-22)33-28(36)32-21-7-4-3-5-8-21/h9-14,19-21,25-26,35H,2-8,15-18H2,1H3,(H,29,30,31)(H2,32,33,36). The fourth-order valence-electron chi connectivity index (χ4n) is 4.93. The van der Waals surface area contributed by atoms with Crippen LogP contribution in [-0.2, 0) is 4.74 Å².